The van der Waals surface area contributed by atoms with E-state index in [0.717, 1.165) is 6.21 Å². The van der Waals surface area contributed by atoms with Crippen LogP contribution in [0.1, 0.15) is 0 Å². The van der Waals surface area contributed by atoms with Crippen molar-refractivity contribution in [1.29, 1.82) is 5.41 Å². The monoisotopic (exact) mass is 175 g/mol. The normalized spacial score (nSPS) is 10.6. The number of carbonyl (C=O) groups excluding carboxylic acids is 1. The Bertz CT molecular complexity index is 309. The molecule has 0 bridgehead atoms. The molecule has 1 aromatic heterocycles. The number of nitrogens with zero attached hydrogens (tertiary/aromatic N) is 1. The standard InChI is InChI=1S/C9H9N3O/c10-5-8(7-13)6-12-9-3-1-2-4-11-9/h1-7,10H,(H,11,12)/b8-6+,10-5?. The van der Waals surface area contributed by atoms with Crippen LogP contribution in [0.5, 0.6) is 0 Å². The van der Waals surface area contributed by atoms with Crippen LogP contribution in [0.2, 0.25) is 0 Å². The van der Waals surface area contributed by atoms with E-state index in [1.807, 2.05) is 6.07 Å². The number of rotatable bonds is 4. The van der Waals surface area contributed by atoms with Crippen LogP contribution < -0.4 is 5.32 Å². The molecule has 2 N–H and O–H groups in total. The minimum atomic E-state index is 0.269. The molecular weight excluding hydrogens is 166 g/mol. The Kier molecular flexibility index (Phi) is 3.38. The average Bonchev–Trinajstić information content (AvgIpc) is 2.21. The third-order valence-corrected chi connectivity index (χ3v) is 1.35. The lowest BCUT2D eigenvalue weighted by Gasteiger charge is -1.97. The first-order valence-electron chi connectivity index (χ1n) is 3.70. The van der Waals surface area contributed by atoms with Crippen molar-refractivity contribution in [2.75, 3.05) is 5.32 Å². The van der Waals surface area contributed by atoms with Crippen LogP contribution in [0.25, 0.3) is 0 Å². The van der Waals surface area contributed by atoms with E-state index in [9.17, 15) is 4.79 Å². The number of pyridine rings is 1. The highest BCUT2D eigenvalue weighted by atomic mass is 16.1. The topological polar surface area (TPSA) is 65.8 Å². The second-order valence-electron chi connectivity index (χ2n) is 2.27. The summed E-state index contributed by atoms with van der Waals surface area (Å²) in [6, 6.07) is 5.39. The third-order valence-electron chi connectivity index (χ3n) is 1.35. The lowest BCUT2D eigenvalue weighted by Crippen LogP contribution is -1.95. The Hall–Kier alpha value is -1.97. The van der Waals surface area contributed by atoms with Gasteiger partial charge in [0.15, 0.2) is 6.29 Å². The highest BCUT2D eigenvalue weighted by Gasteiger charge is 1.89. The summed E-state index contributed by atoms with van der Waals surface area (Å²) in [5, 5.41) is 9.63. The molecule has 0 fully saturated rings. The summed E-state index contributed by atoms with van der Waals surface area (Å²) in [7, 11) is 0. The first-order valence-corrected chi connectivity index (χ1v) is 3.70. The molecule has 0 aliphatic heterocycles. The molecule has 0 spiro atoms. The van der Waals surface area contributed by atoms with Gasteiger partial charge in [-0.2, -0.15) is 0 Å². The SMILES string of the molecule is N=C/C(C=O)=C\Nc1ccccn1. The summed E-state index contributed by atoms with van der Waals surface area (Å²) in [5.74, 6) is 0.642. The van der Waals surface area contributed by atoms with Crippen molar-refractivity contribution in [3.05, 3.63) is 36.2 Å². The minimum absolute atomic E-state index is 0.269. The van der Waals surface area contributed by atoms with Crippen LogP contribution in [-0.4, -0.2) is 17.5 Å². The molecule has 0 aliphatic rings. The van der Waals surface area contributed by atoms with Crippen molar-refractivity contribution < 1.29 is 4.79 Å². The molecule has 0 unspecified atom stereocenters. The van der Waals surface area contributed by atoms with Gasteiger partial charge in [0.05, 0.1) is 0 Å². The van der Waals surface area contributed by atoms with Gasteiger partial charge < -0.3 is 10.7 Å². The summed E-state index contributed by atoms with van der Waals surface area (Å²) < 4.78 is 0. The lowest BCUT2D eigenvalue weighted by atomic mass is 10.3. The number of aldehydes is 1. The number of carbonyl (C=O) groups is 1. The van der Waals surface area contributed by atoms with Gasteiger partial charge in [-0.3, -0.25) is 4.79 Å². The number of allylic oxidation sites excluding steroid dienone is 1. The lowest BCUT2D eigenvalue weighted by molar-refractivity contribution is -0.104. The van der Waals surface area contributed by atoms with Crippen LogP contribution in [0.4, 0.5) is 5.82 Å². The van der Waals surface area contributed by atoms with Crippen molar-refractivity contribution in [1.82, 2.24) is 4.98 Å². The van der Waals surface area contributed by atoms with E-state index >= 15 is 0 Å². The summed E-state index contributed by atoms with van der Waals surface area (Å²) in [4.78, 5) is 14.2. The molecule has 0 amide bonds. The van der Waals surface area contributed by atoms with E-state index in [1.54, 1.807) is 18.3 Å². The van der Waals surface area contributed by atoms with Gasteiger partial charge in [-0.25, -0.2) is 4.98 Å². The largest absolute Gasteiger partial charge is 0.346 e. The number of aromatic nitrogens is 1. The zero-order valence-corrected chi connectivity index (χ0v) is 6.90. The molecule has 0 saturated carbocycles. The Labute approximate surface area is 75.8 Å². The Morgan fingerprint density at radius 2 is 2.38 bits per heavy atom. The number of nitrogens with one attached hydrogen (secondary N) is 2. The highest BCUT2D eigenvalue weighted by molar-refractivity contribution is 6.00. The summed E-state index contributed by atoms with van der Waals surface area (Å²) in [6.45, 7) is 0. The molecule has 1 rings (SSSR count). The van der Waals surface area contributed by atoms with Crippen LogP contribution in [0.15, 0.2) is 36.2 Å². The van der Waals surface area contributed by atoms with Gasteiger partial charge in [-0.15, -0.1) is 0 Å². The van der Waals surface area contributed by atoms with Crippen molar-refractivity contribution in [2.24, 2.45) is 0 Å². The third kappa shape index (κ3) is 2.86. The molecule has 4 heteroatoms. The van der Waals surface area contributed by atoms with Gasteiger partial charge in [0, 0.05) is 24.2 Å². The first kappa shape index (κ1) is 9.12. The van der Waals surface area contributed by atoms with Crippen molar-refractivity contribution in [2.45, 2.75) is 0 Å². The molecular formula is C9H9N3O. The first-order chi connectivity index (χ1) is 6.36. The molecule has 1 aromatic rings. The maximum atomic E-state index is 10.3. The maximum Gasteiger partial charge on any atom is 0.153 e. The number of hydrogen-bond acceptors (Lipinski definition) is 4. The van der Waals surface area contributed by atoms with Crippen molar-refractivity contribution in [3.63, 3.8) is 0 Å². The van der Waals surface area contributed by atoms with Crippen LogP contribution >= 0.6 is 0 Å². The maximum absolute atomic E-state index is 10.3. The van der Waals surface area contributed by atoms with E-state index in [0.29, 0.717) is 12.1 Å². The van der Waals surface area contributed by atoms with E-state index in [-0.39, 0.29) is 5.57 Å². The molecule has 66 valence electrons. The molecule has 0 atom stereocenters. The van der Waals surface area contributed by atoms with E-state index in [4.69, 9.17) is 5.41 Å². The Morgan fingerprint density at radius 1 is 1.54 bits per heavy atom. The summed E-state index contributed by atoms with van der Waals surface area (Å²) >= 11 is 0. The zero-order valence-electron chi connectivity index (χ0n) is 6.90. The van der Waals surface area contributed by atoms with Crippen molar-refractivity contribution in [3.8, 4) is 0 Å². The summed E-state index contributed by atoms with van der Waals surface area (Å²) in [6.07, 6.45) is 4.65. The molecule has 0 aromatic carbocycles. The highest BCUT2D eigenvalue weighted by Crippen LogP contribution is 1.99. The second kappa shape index (κ2) is 4.82. The molecule has 1 heterocycles. The predicted octanol–water partition coefficient (Wildman–Crippen LogP) is 1.23. The predicted molar refractivity (Wildman–Crippen MR) is 50.8 cm³/mol. The second-order valence-corrected chi connectivity index (χ2v) is 2.27. The zero-order chi connectivity index (χ0) is 9.52. The fourth-order valence-electron chi connectivity index (χ4n) is 0.715. The number of hydrogen-bond donors (Lipinski definition) is 2. The fourth-order valence-corrected chi connectivity index (χ4v) is 0.715. The van der Waals surface area contributed by atoms with Gasteiger partial charge in [-0.1, -0.05) is 6.07 Å². The van der Waals surface area contributed by atoms with Crippen LogP contribution in [0.3, 0.4) is 0 Å². The molecule has 0 aliphatic carbocycles. The van der Waals surface area contributed by atoms with Gasteiger partial charge in [0.2, 0.25) is 0 Å². The average molecular weight is 175 g/mol. The molecule has 0 radical (unpaired) electrons. The van der Waals surface area contributed by atoms with Gasteiger partial charge in [-0.05, 0) is 12.1 Å². The summed E-state index contributed by atoms with van der Waals surface area (Å²) in [5.41, 5.74) is 0.269. The smallest absolute Gasteiger partial charge is 0.153 e. The van der Waals surface area contributed by atoms with Gasteiger partial charge in [0.25, 0.3) is 0 Å². The Morgan fingerprint density at radius 3 is 2.92 bits per heavy atom. The fraction of sp³-hybridized carbons (Fsp3) is 0. The molecule has 4 nitrogen and oxygen atoms in total. The Balaban J connectivity index is 2.65. The quantitative estimate of drug-likeness (QED) is 0.411. The van der Waals surface area contributed by atoms with Crippen molar-refractivity contribution >= 4 is 18.3 Å². The van der Waals surface area contributed by atoms with E-state index < -0.39 is 0 Å². The van der Waals surface area contributed by atoms with Crippen LogP contribution in [-0.2, 0) is 4.79 Å². The van der Waals surface area contributed by atoms with E-state index in [2.05, 4.69) is 10.3 Å². The number of anilines is 1. The molecule has 0 saturated heterocycles. The van der Waals surface area contributed by atoms with E-state index in [1.165, 1.54) is 6.20 Å². The van der Waals surface area contributed by atoms with Gasteiger partial charge >= 0.3 is 0 Å². The molecule has 13 heavy (non-hydrogen) atoms. The minimum Gasteiger partial charge on any atom is -0.346 e. The van der Waals surface area contributed by atoms with Crippen LogP contribution in [0, 0.1) is 5.41 Å². The van der Waals surface area contributed by atoms with Gasteiger partial charge in [0.1, 0.15) is 5.82 Å².